The standard InChI is InChI=1S/C15H19ClN2O2/c1-9(2)6-7-18-13-5-4-11(16)8-12(13)14(15(18)20)17-10(3)19/h4-5,8-9,14H,6-7H2,1-3H3,(H,17,19)/t14-/m0/s1. The molecule has 1 heterocycles. The molecule has 1 aliphatic heterocycles. The normalized spacial score (nSPS) is 17.6. The van der Waals surface area contributed by atoms with E-state index in [0.717, 1.165) is 17.7 Å². The SMILES string of the molecule is CC(=O)N[C@@H]1C(=O)N(CCC(C)C)c2ccc(Cl)cc21. The number of nitrogens with zero attached hydrogens (tertiary/aromatic N) is 1. The van der Waals surface area contributed by atoms with Crippen molar-refractivity contribution in [2.75, 3.05) is 11.4 Å². The van der Waals surface area contributed by atoms with E-state index in [0.29, 0.717) is 17.5 Å². The molecular weight excluding hydrogens is 276 g/mol. The number of amides is 2. The molecule has 1 N–H and O–H groups in total. The van der Waals surface area contributed by atoms with Gasteiger partial charge in [0.1, 0.15) is 6.04 Å². The van der Waals surface area contributed by atoms with Gasteiger partial charge in [0.05, 0.1) is 0 Å². The quantitative estimate of drug-likeness (QED) is 0.928. The Balaban J connectivity index is 2.33. The zero-order valence-electron chi connectivity index (χ0n) is 11.9. The fourth-order valence-electron chi connectivity index (χ4n) is 2.37. The molecule has 1 aliphatic rings. The Morgan fingerprint density at radius 1 is 1.45 bits per heavy atom. The molecule has 0 saturated carbocycles. The summed E-state index contributed by atoms with van der Waals surface area (Å²) in [6.07, 6.45) is 0.917. The molecule has 108 valence electrons. The van der Waals surface area contributed by atoms with Crippen molar-refractivity contribution in [1.82, 2.24) is 5.32 Å². The predicted octanol–water partition coefficient (Wildman–Crippen LogP) is 2.91. The molecule has 0 radical (unpaired) electrons. The predicted molar refractivity (Wildman–Crippen MR) is 79.8 cm³/mol. The van der Waals surface area contributed by atoms with Crippen molar-refractivity contribution in [2.45, 2.75) is 33.2 Å². The third-order valence-corrected chi connectivity index (χ3v) is 3.62. The number of hydrogen-bond donors (Lipinski definition) is 1. The van der Waals surface area contributed by atoms with Gasteiger partial charge in [0.2, 0.25) is 5.91 Å². The highest BCUT2D eigenvalue weighted by molar-refractivity contribution is 6.31. The first-order valence-corrected chi connectivity index (χ1v) is 7.16. The number of rotatable bonds is 4. The van der Waals surface area contributed by atoms with E-state index in [1.54, 1.807) is 17.0 Å². The average Bonchev–Trinajstić information content (AvgIpc) is 2.60. The number of anilines is 1. The highest BCUT2D eigenvalue weighted by atomic mass is 35.5. The van der Waals surface area contributed by atoms with Gasteiger partial charge < -0.3 is 10.2 Å². The molecule has 1 aromatic rings. The summed E-state index contributed by atoms with van der Waals surface area (Å²) in [5.74, 6) is 0.205. The maximum atomic E-state index is 12.5. The molecule has 0 fully saturated rings. The molecule has 0 aliphatic carbocycles. The fraction of sp³-hybridized carbons (Fsp3) is 0.467. The van der Waals surface area contributed by atoms with Crippen molar-refractivity contribution in [2.24, 2.45) is 5.92 Å². The maximum absolute atomic E-state index is 12.5. The first-order chi connectivity index (χ1) is 9.40. The molecule has 0 spiro atoms. The lowest BCUT2D eigenvalue weighted by molar-refractivity contribution is -0.126. The summed E-state index contributed by atoms with van der Waals surface area (Å²) in [7, 11) is 0. The van der Waals surface area contributed by atoms with Gasteiger partial charge in [-0.15, -0.1) is 0 Å². The van der Waals surface area contributed by atoms with E-state index < -0.39 is 6.04 Å². The Bertz CT molecular complexity index is 543. The number of hydrogen-bond acceptors (Lipinski definition) is 2. The highest BCUT2D eigenvalue weighted by Crippen LogP contribution is 2.37. The minimum Gasteiger partial charge on any atom is -0.341 e. The number of nitrogens with one attached hydrogen (secondary N) is 1. The smallest absolute Gasteiger partial charge is 0.254 e. The molecular formula is C15H19ClN2O2. The second-order valence-corrected chi connectivity index (χ2v) is 5.95. The number of carbonyl (C=O) groups is 2. The van der Waals surface area contributed by atoms with E-state index >= 15 is 0 Å². The number of fused-ring (bicyclic) bond motifs is 1. The summed E-state index contributed by atoms with van der Waals surface area (Å²) < 4.78 is 0. The molecule has 0 unspecified atom stereocenters. The van der Waals surface area contributed by atoms with Gasteiger partial charge >= 0.3 is 0 Å². The van der Waals surface area contributed by atoms with Crippen LogP contribution in [-0.4, -0.2) is 18.4 Å². The van der Waals surface area contributed by atoms with Crippen molar-refractivity contribution in [3.8, 4) is 0 Å². The summed E-state index contributed by atoms with van der Waals surface area (Å²) in [5.41, 5.74) is 1.63. The zero-order valence-corrected chi connectivity index (χ0v) is 12.7. The maximum Gasteiger partial charge on any atom is 0.254 e. The van der Waals surface area contributed by atoms with Crippen molar-refractivity contribution >= 4 is 29.1 Å². The molecule has 0 bridgehead atoms. The van der Waals surface area contributed by atoms with Crippen LogP contribution in [0.2, 0.25) is 5.02 Å². The van der Waals surface area contributed by atoms with Crippen molar-refractivity contribution in [3.63, 3.8) is 0 Å². The van der Waals surface area contributed by atoms with E-state index in [1.165, 1.54) is 6.92 Å². The van der Waals surface area contributed by atoms with Crippen LogP contribution in [0.3, 0.4) is 0 Å². The summed E-state index contributed by atoms with van der Waals surface area (Å²) in [4.78, 5) is 25.5. The molecule has 2 amide bonds. The topological polar surface area (TPSA) is 49.4 Å². The number of carbonyl (C=O) groups excluding carboxylic acids is 2. The Morgan fingerprint density at radius 3 is 2.75 bits per heavy atom. The monoisotopic (exact) mass is 294 g/mol. The third-order valence-electron chi connectivity index (χ3n) is 3.38. The molecule has 20 heavy (non-hydrogen) atoms. The van der Waals surface area contributed by atoms with E-state index in [-0.39, 0.29) is 11.8 Å². The minimum atomic E-state index is -0.617. The van der Waals surface area contributed by atoms with Crippen LogP contribution in [0.25, 0.3) is 0 Å². The Morgan fingerprint density at radius 2 is 2.15 bits per heavy atom. The van der Waals surface area contributed by atoms with Crippen LogP contribution in [0, 0.1) is 5.92 Å². The van der Waals surface area contributed by atoms with Crippen molar-refractivity contribution in [1.29, 1.82) is 0 Å². The van der Waals surface area contributed by atoms with Crippen LogP contribution in [0.4, 0.5) is 5.69 Å². The molecule has 1 atom stereocenters. The van der Waals surface area contributed by atoms with Crippen molar-refractivity contribution in [3.05, 3.63) is 28.8 Å². The summed E-state index contributed by atoms with van der Waals surface area (Å²) in [6.45, 7) is 6.30. The number of halogens is 1. The van der Waals surface area contributed by atoms with Gasteiger partial charge in [0.15, 0.2) is 0 Å². The molecule has 1 aromatic carbocycles. The molecule has 2 rings (SSSR count). The highest BCUT2D eigenvalue weighted by Gasteiger charge is 2.37. The van der Waals surface area contributed by atoms with Crippen LogP contribution in [0.15, 0.2) is 18.2 Å². The lowest BCUT2D eigenvalue weighted by atomic mass is 10.1. The van der Waals surface area contributed by atoms with E-state index in [9.17, 15) is 9.59 Å². The third kappa shape index (κ3) is 2.96. The van der Waals surface area contributed by atoms with Gasteiger partial charge in [0.25, 0.3) is 5.91 Å². The fourth-order valence-corrected chi connectivity index (χ4v) is 2.55. The summed E-state index contributed by atoms with van der Waals surface area (Å²) in [6, 6.07) is 4.75. The molecule has 0 aromatic heterocycles. The van der Waals surface area contributed by atoms with Crippen LogP contribution in [0.1, 0.15) is 38.8 Å². The van der Waals surface area contributed by atoms with Gasteiger partial charge in [-0.2, -0.15) is 0 Å². The van der Waals surface area contributed by atoms with Gasteiger partial charge in [-0.1, -0.05) is 25.4 Å². The summed E-state index contributed by atoms with van der Waals surface area (Å²) in [5, 5.41) is 3.27. The molecule has 0 saturated heterocycles. The minimum absolute atomic E-state index is 0.0851. The van der Waals surface area contributed by atoms with E-state index in [2.05, 4.69) is 19.2 Å². The van der Waals surface area contributed by atoms with E-state index in [4.69, 9.17) is 11.6 Å². The Hall–Kier alpha value is -1.55. The largest absolute Gasteiger partial charge is 0.341 e. The lowest BCUT2D eigenvalue weighted by Gasteiger charge is -2.19. The van der Waals surface area contributed by atoms with Crippen LogP contribution < -0.4 is 10.2 Å². The van der Waals surface area contributed by atoms with Crippen molar-refractivity contribution < 1.29 is 9.59 Å². The van der Waals surface area contributed by atoms with Gasteiger partial charge in [0, 0.05) is 29.7 Å². The van der Waals surface area contributed by atoms with E-state index in [1.807, 2.05) is 6.07 Å². The first kappa shape index (κ1) is 14.9. The van der Waals surface area contributed by atoms with Crippen LogP contribution in [0.5, 0.6) is 0 Å². The first-order valence-electron chi connectivity index (χ1n) is 6.78. The lowest BCUT2D eigenvalue weighted by Crippen LogP contribution is -2.37. The second kappa shape index (κ2) is 5.83. The number of benzene rings is 1. The average molecular weight is 295 g/mol. The van der Waals surface area contributed by atoms with Gasteiger partial charge in [-0.3, -0.25) is 9.59 Å². The van der Waals surface area contributed by atoms with Crippen LogP contribution >= 0.6 is 11.6 Å². The molecule has 4 nitrogen and oxygen atoms in total. The van der Waals surface area contributed by atoms with Gasteiger partial charge in [-0.05, 0) is 30.5 Å². The Kier molecular flexibility index (Phi) is 4.33. The second-order valence-electron chi connectivity index (χ2n) is 5.51. The van der Waals surface area contributed by atoms with Gasteiger partial charge in [-0.25, -0.2) is 0 Å². The van der Waals surface area contributed by atoms with Crippen LogP contribution in [-0.2, 0) is 9.59 Å². The molecule has 5 heteroatoms. The Labute approximate surface area is 124 Å². The summed E-state index contributed by atoms with van der Waals surface area (Å²) >= 11 is 6.01. The zero-order chi connectivity index (χ0) is 14.9.